The number of benzene rings is 1. The van der Waals surface area contributed by atoms with Crippen LogP contribution in [-0.4, -0.2) is 23.3 Å². The molecule has 5 heteroatoms. The first-order chi connectivity index (χ1) is 9.14. The number of rotatable bonds is 6. The second-order valence-corrected chi connectivity index (χ2v) is 4.84. The summed E-state index contributed by atoms with van der Waals surface area (Å²) in [6.07, 6.45) is 0. The third-order valence-corrected chi connectivity index (χ3v) is 3.01. The lowest BCUT2D eigenvalue weighted by Crippen LogP contribution is -2.20. The Labute approximate surface area is 112 Å². The lowest BCUT2D eigenvalue weighted by Gasteiger charge is -2.20. The number of nitrogens with zero attached hydrogens (tertiary/aromatic N) is 2. The van der Waals surface area contributed by atoms with Crippen molar-refractivity contribution in [2.45, 2.75) is 25.9 Å². The van der Waals surface area contributed by atoms with Crippen molar-refractivity contribution in [2.24, 2.45) is 5.73 Å². The zero-order valence-corrected chi connectivity index (χ0v) is 11.3. The molecule has 2 aromatic rings. The van der Waals surface area contributed by atoms with Gasteiger partial charge in [0, 0.05) is 6.54 Å². The van der Waals surface area contributed by atoms with E-state index in [0.717, 1.165) is 5.56 Å². The molecule has 0 aliphatic rings. The van der Waals surface area contributed by atoms with Crippen molar-refractivity contribution in [3.05, 3.63) is 47.6 Å². The Morgan fingerprint density at radius 3 is 2.68 bits per heavy atom. The summed E-state index contributed by atoms with van der Waals surface area (Å²) >= 11 is 0. The van der Waals surface area contributed by atoms with Crippen LogP contribution in [-0.2, 0) is 16.8 Å². The van der Waals surface area contributed by atoms with E-state index in [-0.39, 0.29) is 5.41 Å². The molecule has 0 spiro atoms. The van der Waals surface area contributed by atoms with Crippen LogP contribution >= 0.6 is 0 Å². The van der Waals surface area contributed by atoms with Gasteiger partial charge in [-0.05, 0) is 19.4 Å². The highest BCUT2D eigenvalue weighted by molar-refractivity contribution is 5.30. The second kappa shape index (κ2) is 5.95. The van der Waals surface area contributed by atoms with Gasteiger partial charge >= 0.3 is 0 Å². The fraction of sp³-hybridized carbons (Fsp3) is 0.429. The van der Waals surface area contributed by atoms with E-state index in [0.29, 0.717) is 31.5 Å². The van der Waals surface area contributed by atoms with Crippen LogP contribution in [0, 0.1) is 0 Å². The molecule has 1 heterocycles. The van der Waals surface area contributed by atoms with Crippen molar-refractivity contribution in [3.63, 3.8) is 0 Å². The predicted molar refractivity (Wildman–Crippen MR) is 71.6 cm³/mol. The summed E-state index contributed by atoms with van der Waals surface area (Å²) in [6, 6.07) is 10.1. The number of aromatic nitrogens is 2. The van der Waals surface area contributed by atoms with Crippen molar-refractivity contribution < 1.29 is 9.26 Å². The van der Waals surface area contributed by atoms with Gasteiger partial charge in [0.1, 0.15) is 6.61 Å². The molecule has 0 bridgehead atoms. The number of nitrogens with two attached hydrogens (primary N) is 1. The van der Waals surface area contributed by atoms with Crippen LogP contribution in [0.2, 0.25) is 0 Å². The highest BCUT2D eigenvalue weighted by atomic mass is 16.5. The summed E-state index contributed by atoms with van der Waals surface area (Å²) in [7, 11) is 0. The van der Waals surface area contributed by atoms with Crippen molar-refractivity contribution in [3.8, 4) is 0 Å². The Morgan fingerprint density at radius 1 is 1.26 bits per heavy atom. The van der Waals surface area contributed by atoms with E-state index in [1.165, 1.54) is 0 Å². The molecule has 2 rings (SSSR count). The van der Waals surface area contributed by atoms with Crippen LogP contribution in [0.15, 0.2) is 34.9 Å². The van der Waals surface area contributed by atoms with Gasteiger partial charge in [-0.3, -0.25) is 0 Å². The zero-order valence-electron chi connectivity index (χ0n) is 11.3. The quantitative estimate of drug-likeness (QED) is 0.803. The maximum Gasteiger partial charge on any atom is 0.252 e. The molecule has 0 saturated heterocycles. The molecule has 0 unspecified atom stereocenters. The topological polar surface area (TPSA) is 74.2 Å². The van der Waals surface area contributed by atoms with Crippen LogP contribution in [0.1, 0.15) is 31.1 Å². The number of hydrogen-bond acceptors (Lipinski definition) is 5. The molecule has 0 aliphatic carbocycles. The molecule has 0 fully saturated rings. The van der Waals surface area contributed by atoms with Gasteiger partial charge in [0.15, 0.2) is 5.82 Å². The summed E-state index contributed by atoms with van der Waals surface area (Å²) in [6.45, 7) is 5.40. The first kappa shape index (κ1) is 13.7. The van der Waals surface area contributed by atoms with Crippen molar-refractivity contribution in [2.75, 3.05) is 13.2 Å². The van der Waals surface area contributed by atoms with Gasteiger partial charge in [-0.25, -0.2) is 0 Å². The Balaban J connectivity index is 2.13. The van der Waals surface area contributed by atoms with E-state index in [1.54, 1.807) is 0 Å². The van der Waals surface area contributed by atoms with E-state index < -0.39 is 0 Å². The molecular weight excluding hydrogens is 242 g/mol. The normalized spacial score (nSPS) is 11.7. The Kier molecular flexibility index (Phi) is 4.29. The molecule has 102 valence electrons. The van der Waals surface area contributed by atoms with Crippen LogP contribution in [0.25, 0.3) is 0 Å². The molecule has 1 aromatic carbocycles. The maximum absolute atomic E-state index is 5.35. The summed E-state index contributed by atoms with van der Waals surface area (Å²) in [4.78, 5) is 4.39. The SMILES string of the molecule is CC(C)(c1ccccc1)c1noc(COCCN)n1. The summed E-state index contributed by atoms with van der Waals surface area (Å²) < 4.78 is 10.5. The van der Waals surface area contributed by atoms with E-state index in [4.69, 9.17) is 15.0 Å². The number of ether oxygens (including phenoxy) is 1. The molecule has 1 aromatic heterocycles. The third kappa shape index (κ3) is 3.19. The molecule has 2 N–H and O–H groups in total. The predicted octanol–water partition coefficient (Wildman–Crippen LogP) is 1.87. The largest absolute Gasteiger partial charge is 0.370 e. The minimum Gasteiger partial charge on any atom is -0.370 e. The molecule has 0 aliphatic heterocycles. The van der Waals surface area contributed by atoms with E-state index in [9.17, 15) is 0 Å². The van der Waals surface area contributed by atoms with Crippen molar-refractivity contribution in [1.29, 1.82) is 0 Å². The van der Waals surface area contributed by atoms with E-state index in [2.05, 4.69) is 36.1 Å². The standard InChI is InChI=1S/C14H19N3O2/c1-14(2,11-6-4-3-5-7-11)13-16-12(19-17-13)10-18-9-8-15/h3-7H,8-10,15H2,1-2H3. The maximum atomic E-state index is 5.35. The summed E-state index contributed by atoms with van der Waals surface area (Å²) in [5, 5.41) is 4.05. The fourth-order valence-electron chi connectivity index (χ4n) is 1.79. The van der Waals surface area contributed by atoms with Crippen LogP contribution in [0.3, 0.4) is 0 Å². The minimum absolute atomic E-state index is 0.295. The second-order valence-electron chi connectivity index (χ2n) is 4.84. The smallest absolute Gasteiger partial charge is 0.252 e. The number of hydrogen-bond donors (Lipinski definition) is 1. The van der Waals surface area contributed by atoms with Crippen molar-refractivity contribution in [1.82, 2.24) is 10.1 Å². The monoisotopic (exact) mass is 261 g/mol. The lowest BCUT2D eigenvalue weighted by molar-refractivity contribution is 0.104. The molecule has 0 radical (unpaired) electrons. The average molecular weight is 261 g/mol. The van der Waals surface area contributed by atoms with Crippen LogP contribution in [0.5, 0.6) is 0 Å². The average Bonchev–Trinajstić information content (AvgIpc) is 2.90. The first-order valence-electron chi connectivity index (χ1n) is 6.31. The lowest BCUT2D eigenvalue weighted by atomic mass is 9.84. The minimum atomic E-state index is -0.295. The Morgan fingerprint density at radius 2 is 2.00 bits per heavy atom. The molecular formula is C14H19N3O2. The van der Waals surface area contributed by atoms with Gasteiger partial charge in [0.25, 0.3) is 5.89 Å². The van der Waals surface area contributed by atoms with Gasteiger partial charge in [0.05, 0.1) is 12.0 Å². The Bertz CT molecular complexity index is 508. The van der Waals surface area contributed by atoms with Gasteiger partial charge in [0.2, 0.25) is 0 Å². The summed E-state index contributed by atoms with van der Waals surface area (Å²) in [5.41, 5.74) is 6.20. The Hall–Kier alpha value is -1.72. The highest BCUT2D eigenvalue weighted by Gasteiger charge is 2.28. The van der Waals surface area contributed by atoms with Gasteiger partial charge in [-0.1, -0.05) is 35.5 Å². The van der Waals surface area contributed by atoms with Gasteiger partial charge < -0.3 is 15.0 Å². The van der Waals surface area contributed by atoms with Gasteiger partial charge in [-0.15, -0.1) is 0 Å². The highest BCUT2D eigenvalue weighted by Crippen LogP contribution is 2.28. The molecule has 0 amide bonds. The molecule has 19 heavy (non-hydrogen) atoms. The fourth-order valence-corrected chi connectivity index (χ4v) is 1.79. The van der Waals surface area contributed by atoms with Crippen LogP contribution in [0.4, 0.5) is 0 Å². The van der Waals surface area contributed by atoms with Crippen molar-refractivity contribution >= 4 is 0 Å². The first-order valence-corrected chi connectivity index (χ1v) is 6.31. The molecule has 5 nitrogen and oxygen atoms in total. The molecule has 0 saturated carbocycles. The van der Waals surface area contributed by atoms with Gasteiger partial charge in [-0.2, -0.15) is 4.98 Å². The molecule has 0 atom stereocenters. The van der Waals surface area contributed by atoms with E-state index in [1.807, 2.05) is 18.2 Å². The van der Waals surface area contributed by atoms with Crippen LogP contribution < -0.4 is 5.73 Å². The summed E-state index contributed by atoms with van der Waals surface area (Å²) in [5.74, 6) is 1.14. The van der Waals surface area contributed by atoms with E-state index >= 15 is 0 Å². The third-order valence-electron chi connectivity index (χ3n) is 3.01. The zero-order chi connectivity index (χ0) is 13.7.